The molecule has 0 saturated carbocycles. The van der Waals surface area contributed by atoms with Gasteiger partial charge in [0.2, 0.25) is 0 Å². The van der Waals surface area contributed by atoms with Crippen LogP contribution in [-0.2, 0) is 15.7 Å². The van der Waals surface area contributed by atoms with Crippen LogP contribution in [0.2, 0.25) is 0 Å². The molecule has 18 heavy (non-hydrogen) atoms. The average Bonchev–Trinajstić information content (AvgIpc) is 2.26. The first kappa shape index (κ1) is 14.0. The molecule has 0 aliphatic heterocycles. The number of anilines is 1. The molecule has 0 unspecified atom stereocenters. The van der Waals surface area contributed by atoms with E-state index in [2.05, 4.69) is 9.72 Å². The Balaban J connectivity index is 2.90. The Morgan fingerprint density at radius 1 is 1.56 bits per heavy atom. The predicted octanol–water partition coefficient (Wildman–Crippen LogP) is 2.26. The van der Waals surface area contributed by atoms with Gasteiger partial charge in [0.1, 0.15) is 5.69 Å². The van der Waals surface area contributed by atoms with Gasteiger partial charge < -0.3 is 10.5 Å². The zero-order chi connectivity index (χ0) is 13.8. The number of hydrogen-bond acceptors (Lipinski definition) is 4. The van der Waals surface area contributed by atoms with Crippen molar-refractivity contribution in [1.82, 2.24) is 4.98 Å². The van der Waals surface area contributed by atoms with Crippen molar-refractivity contribution in [3.8, 4) is 0 Å². The van der Waals surface area contributed by atoms with Gasteiger partial charge in [-0.3, -0.25) is 4.98 Å². The average molecular weight is 260 g/mol. The molecule has 0 aliphatic carbocycles. The Morgan fingerprint density at radius 2 is 2.22 bits per heavy atom. The molecule has 1 aromatic rings. The van der Waals surface area contributed by atoms with Crippen LogP contribution in [0.25, 0.3) is 6.08 Å². The second kappa shape index (κ2) is 5.52. The largest absolute Gasteiger partial charge is 0.463 e. The van der Waals surface area contributed by atoms with Gasteiger partial charge in [-0.25, -0.2) is 4.79 Å². The third kappa shape index (κ3) is 3.76. The van der Waals surface area contributed by atoms with E-state index in [-0.39, 0.29) is 17.9 Å². The van der Waals surface area contributed by atoms with Crippen molar-refractivity contribution in [2.45, 2.75) is 13.1 Å². The topological polar surface area (TPSA) is 65.2 Å². The first-order valence-electron chi connectivity index (χ1n) is 5.02. The zero-order valence-electron chi connectivity index (χ0n) is 9.49. The van der Waals surface area contributed by atoms with Crippen LogP contribution in [0.5, 0.6) is 0 Å². The number of rotatable bonds is 3. The number of carbonyl (C=O) groups excluding carboxylic acids is 1. The van der Waals surface area contributed by atoms with Crippen molar-refractivity contribution >= 4 is 17.7 Å². The summed E-state index contributed by atoms with van der Waals surface area (Å²) in [5, 5.41) is 0. The van der Waals surface area contributed by atoms with Crippen LogP contribution in [0.15, 0.2) is 18.3 Å². The molecule has 4 nitrogen and oxygen atoms in total. The number of ether oxygens (including phenoxy) is 1. The Labute approximate surface area is 101 Å². The Hall–Kier alpha value is -2.05. The van der Waals surface area contributed by atoms with Crippen LogP contribution in [0.4, 0.5) is 18.9 Å². The lowest BCUT2D eigenvalue weighted by molar-refractivity contribution is -0.141. The molecular formula is C11H11F3N2O2. The van der Waals surface area contributed by atoms with Crippen molar-refractivity contribution < 1.29 is 22.7 Å². The van der Waals surface area contributed by atoms with Gasteiger partial charge in [-0.2, -0.15) is 13.2 Å². The van der Waals surface area contributed by atoms with Gasteiger partial charge >= 0.3 is 12.1 Å². The van der Waals surface area contributed by atoms with E-state index < -0.39 is 17.8 Å². The predicted molar refractivity (Wildman–Crippen MR) is 59.3 cm³/mol. The van der Waals surface area contributed by atoms with Crippen LogP contribution in [0.1, 0.15) is 18.2 Å². The first-order valence-corrected chi connectivity index (χ1v) is 5.02. The second-order valence-electron chi connectivity index (χ2n) is 3.28. The summed E-state index contributed by atoms with van der Waals surface area (Å²) in [6.45, 7) is 1.85. The van der Waals surface area contributed by atoms with Gasteiger partial charge in [0, 0.05) is 23.5 Å². The minimum atomic E-state index is -4.54. The molecule has 98 valence electrons. The smallest absolute Gasteiger partial charge is 0.433 e. The molecule has 0 aromatic carbocycles. The zero-order valence-corrected chi connectivity index (χ0v) is 9.49. The van der Waals surface area contributed by atoms with Crippen molar-refractivity contribution in [3.63, 3.8) is 0 Å². The normalized spacial score (nSPS) is 11.8. The highest BCUT2D eigenvalue weighted by molar-refractivity contribution is 5.88. The summed E-state index contributed by atoms with van der Waals surface area (Å²) in [4.78, 5) is 14.2. The molecule has 0 atom stereocenters. The lowest BCUT2D eigenvalue weighted by Crippen LogP contribution is -2.09. The van der Waals surface area contributed by atoms with Gasteiger partial charge in [-0.15, -0.1) is 0 Å². The number of halogens is 3. The number of alkyl halides is 3. The number of aromatic nitrogens is 1. The van der Waals surface area contributed by atoms with Crippen LogP contribution >= 0.6 is 0 Å². The van der Waals surface area contributed by atoms with E-state index in [1.807, 2.05) is 0 Å². The van der Waals surface area contributed by atoms with Crippen LogP contribution in [-0.4, -0.2) is 17.6 Å². The Morgan fingerprint density at radius 3 is 2.72 bits per heavy atom. The van der Waals surface area contributed by atoms with E-state index in [0.717, 1.165) is 12.3 Å². The molecule has 1 heterocycles. The molecule has 1 rings (SSSR count). The molecule has 7 heteroatoms. The van der Waals surface area contributed by atoms with Crippen molar-refractivity contribution in [2.24, 2.45) is 0 Å². The highest BCUT2D eigenvalue weighted by Crippen LogP contribution is 2.29. The maximum atomic E-state index is 12.3. The van der Waals surface area contributed by atoms with E-state index in [1.54, 1.807) is 6.92 Å². The minimum Gasteiger partial charge on any atom is -0.463 e. The molecule has 0 aliphatic rings. The van der Waals surface area contributed by atoms with E-state index in [4.69, 9.17) is 5.73 Å². The molecule has 0 spiro atoms. The monoisotopic (exact) mass is 260 g/mol. The van der Waals surface area contributed by atoms with E-state index >= 15 is 0 Å². The molecule has 0 radical (unpaired) electrons. The number of carbonyl (C=O) groups is 1. The van der Waals surface area contributed by atoms with E-state index in [0.29, 0.717) is 6.07 Å². The minimum absolute atomic E-state index is 0.113. The summed E-state index contributed by atoms with van der Waals surface area (Å²) >= 11 is 0. The molecule has 0 fully saturated rings. The number of hydrogen-bond donors (Lipinski definition) is 1. The quantitative estimate of drug-likeness (QED) is 0.668. The number of esters is 1. The molecular weight excluding hydrogens is 249 g/mol. The first-order chi connectivity index (χ1) is 8.34. The third-order valence-corrected chi connectivity index (χ3v) is 1.94. The number of pyridine rings is 1. The van der Waals surface area contributed by atoms with Crippen LogP contribution in [0, 0.1) is 0 Å². The fourth-order valence-electron chi connectivity index (χ4n) is 1.12. The fraction of sp³-hybridized carbons (Fsp3) is 0.273. The molecule has 0 amide bonds. The molecule has 2 N–H and O–H groups in total. The van der Waals surface area contributed by atoms with Crippen LogP contribution < -0.4 is 5.73 Å². The maximum Gasteiger partial charge on any atom is 0.433 e. The summed E-state index contributed by atoms with van der Waals surface area (Å²) in [5.74, 6) is -0.600. The summed E-state index contributed by atoms with van der Waals surface area (Å²) < 4.78 is 41.5. The van der Waals surface area contributed by atoms with Gasteiger partial charge in [-0.1, -0.05) is 0 Å². The van der Waals surface area contributed by atoms with E-state index in [1.165, 1.54) is 6.08 Å². The van der Waals surface area contributed by atoms with Gasteiger partial charge in [0.05, 0.1) is 6.61 Å². The number of nitrogen functional groups attached to an aromatic ring is 1. The number of nitrogens with zero attached hydrogens (tertiary/aromatic N) is 1. The van der Waals surface area contributed by atoms with Crippen molar-refractivity contribution in [2.75, 3.05) is 12.3 Å². The lowest BCUT2D eigenvalue weighted by Gasteiger charge is -2.07. The van der Waals surface area contributed by atoms with Gasteiger partial charge in [0.15, 0.2) is 0 Å². The van der Waals surface area contributed by atoms with Gasteiger partial charge in [0.25, 0.3) is 0 Å². The standard InChI is InChI=1S/C11H11F3N2O2/c1-2-18-10(17)4-3-7-6-16-9(5-8(7)15)11(12,13)14/h3-6H,2H2,1H3,(H2,15,16). The summed E-state index contributed by atoms with van der Waals surface area (Å²) in [7, 11) is 0. The molecule has 0 saturated heterocycles. The molecule has 0 bridgehead atoms. The van der Waals surface area contributed by atoms with Crippen LogP contribution in [0.3, 0.4) is 0 Å². The van der Waals surface area contributed by atoms with Gasteiger partial charge in [-0.05, 0) is 19.1 Å². The maximum absolute atomic E-state index is 12.3. The lowest BCUT2D eigenvalue weighted by atomic mass is 10.2. The number of nitrogens with two attached hydrogens (primary N) is 1. The summed E-state index contributed by atoms with van der Waals surface area (Å²) in [6.07, 6.45) is -1.27. The summed E-state index contributed by atoms with van der Waals surface area (Å²) in [5.41, 5.74) is 4.46. The van der Waals surface area contributed by atoms with Crippen molar-refractivity contribution in [3.05, 3.63) is 29.6 Å². The van der Waals surface area contributed by atoms with E-state index in [9.17, 15) is 18.0 Å². The summed E-state index contributed by atoms with van der Waals surface area (Å²) in [6, 6.07) is 0.713. The molecule has 1 aromatic heterocycles. The second-order valence-corrected chi connectivity index (χ2v) is 3.28. The highest BCUT2D eigenvalue weighted by atomic mass is 19.4. The SMILES string of the molecule is CCOC(=O)C=Cc1cnc(C(F)(F)F)cc1N. The van der Waals surface area contributed by atoms with Crippen molar-refractivity contribution in [1.29, 1.82) is 0 Å². The Bertz CT molecular complexity index is 470. The Kier molecular flexibility index (Phi) is 4.30. The fourth-order valence-corrected chi connectivity index (χ4v) is 1.12. The third-order valence-electron chi connectivity index (χ3n) is 1.94. The highest BCUT2D eigenvalue weighted by Gasteiger charge is 2.32.